The van der Waals surface area contributed by atoms with Crippen LogP contribution in [0.4, 0.5) is 5.69 Å². The summed E-state index contributed by atoms with van der Waals surface area (Å²) in [5.74, 6) is 0.343. The van der Waals surface area contributed by atoms with Crippen LogP contribution in [0.3, 0.4) is 0 Å². The van der Waals surface area contributed by atoms with E-state index in [2.05, 4.69) is 0 Å². The van der Waals surface area contributed by atoms with Crippen molar-refractivity contribution in [3.05, 3.63) is 62.2 Å². The van der Waals surface area contributed by atoms with Crippen LogP contribution in [-0.4, -0.2) is 24.3 Å². The fourth-order valence-corrected chi connectivity index (χ4v) is 2.83. The molecule has 8 nitrogen and oxygen atoms in total. The van der Waals surface area contributed by atoms with Crippen molar-refractivity contribution in [2.45, 2.75) is 20.1 Å². The van der Waals surface area contributed by atoms with Gasteiger partial charge in [0.05, 0.1) is 11.5 Å². The molecule has 0 unspecified atom stereocenters. The number of carbonyl (C=O) groups is 1. The number of halogens is 1. The molecule has 0 saturated carbocycles. The Morgan fingerprint density at radius 3 is 2.89 bits per heavy atom. The maximum absolute atomic E-state index is 12.0. The lowest BCUT2D eigenvalue weighted by Crippen LogP contribution is -2.17. The van der Waals surface area contributed by atoms with Gasteiger partial charge in [0.15, 0.2) is 13.4 Å². The zero-order chi connectivity index (χ0) is 19.4. The van der Waals surface area contributed by atoms with E-state index in [4.69, 9.17) is 30.5 Å². The molecule has 9 heteroatoms. The van der Waals surface area contributed by atoms with Gasteiger partial charge in [0.25, 0.3) is 5.69 Å². The van der Waals surface area contributed by atoms with Crippen LogP contribution >= 0.6 is 11.6 Å². The number of ether oxygens (including phenoxy) is 4. The van der Waals surface area contributed by atoms with Crippen molar-refractivity contribution in [3.63, 3.8) is 0 Å². The molecule has 142 valence electrons. The van der Waals surface area contributed by atoms with Crippen molar-refractivity contribution in [1.82, 2.24) is 0 Å². The normalized spacial score (nSPS) is 12.7. The van der Waals surface area contributed by atoms with E-state index in [1.165, 1.54) is 12.1 Å². The molecule has 3 rings (SSSR count). The predicted octanol–water partition coefficient (Wildman–Crippen LogP) is 3.55. The van der Waals surface area contributed by atoms with Gasteiger partial charge in [0, 0.05) is 28.3 Å². The van der Waals surface area contributed by atoms with E-state index >= 15 is 0 Å². The molecule has 1 heterocycles. The lowest BCUT2D eigenvalue weighted by atomic mass is 10.1. The molecule has 0 spiro atoms. The van der Waals surface area contributed by atoms with Gasteiger partial charge in [-0.3, -0.25) is 10.1 Å². The predicted molar refractivity (Wildman–Crippen MR) is 94.9 cm³/mol. The van der Waals surface area contributed by atoms with Crippen LogP contribution < -0.4 is 9.47 Å². The molecule has 0 radical (unpaired) electrons. The molecule has 2 aromatic carbocycles. The second-order valence-electron chi connectivity index (χ2n) is 5.82. The number of nitro groups is 1. The highest BCUT2D eigenvalue weighted by Gasteiger charge is 2.22. The van der Waals surface area contributed by atoms with E-state index in [0.29, 0.717) is 27.6 Å². The summed E-state index contributed by atoms with van der Waals surface area (Å²) in [7, 11) is 0. The summed E-state index contributed by atoms with van der Waals surface area (Å²) in [6.07, 6.45) is 0. The third-order valence-electron chi connectivity index (χ3n) is 3.85. The van der Waals surface area contributed by atoms with E-state index in [1.807, 2.05) is 0 Å². The Morgan fingerprint density at radius 1 is 1.33 bits per heavy atom. The van der Waals surface area contributed by atoms with Gasteiger partial charge in [0.2, 0.25) is 0 Å². The topological polar surface area (TPSA) is 97.1 Å². The van der Waals surface area contributed by atoms with Gasteiger partial charge in [-0.1, -0.05) is 11.6 Å². The number of benzene rings is 2. The number of carbonyl (C=O) groups excluding carboxylic acids is 1. The molecule has 2 aromatic rings. The zero-order valence-corrected chi connectivity index (χ0v) is 15.2. The van der Waals surface area contributed by atoms with Crippen molar-refractivity contribution in [2.24, 2.45) is 0 Å². The van der Waals surface area contributed by atoms with Crippen LogP contribution in [0.15, 0.2) is 30.3 Å². The van der Waals surface area contributed by atoms with Gasteiger partial charge in [-0.2, -0.15) is 0 Å². The number of nitro benzene ring substituents is 1. The molecule has 0 atom stereocenters. The Hall–Kier alpha value is -2.84. The summed E-state index contributed by atoms with van der Waals surface area (Å²) in [6.45, 7) is 1.55. The molecule has 0 saturated heterocycles. The van der Waals surface area contributed by atoms with Crippen LogP contribution in [0.5, 0.6) is 11.5 Å². The number of non-ortho nitro benzene ring substituents is 1. The maximum Gasteiger partial charge on any atom is 0.344 e. The molecule has 0 aromatic heterocycles. The van der Waals surface area contributed by atoms with Crippen molar-refractivity contribution < 1.29 is 28.7 Å². The van der Waals surface area contributed by atoms with E-state index < -0.39 is 10.9 Å². The smallest absolute Gasteiger partial charge is 0.344 e. The maximum atomic E-state index is 12.0. The third-order valence-corrected chi connectivity index (χ3v) is 4.09. The minimum absolute atomic E-state index is 0.0325. The lowest BCUT2D eigenvalue weighted by molar-refractivity contribution is -0.385. The van der Waals surface area contributed by atoms with Gasteiger partial charge in [0.1, 0.15) is 18.1 Å². The summed E-state index contributed by atoms with van der Waals surface area (Å²) in [4.78, 5) is 22.5. The number of esters is 1. The summed E-state index contributed by atoms with van der Waals surface area (Å²) in [6, 6.07) is 7.74. The Bertz CT molecular complexity index is 884. The number of rotatable bonds is 6. The average Bonchev–Trinajstić information content (AvgIpc) is 2.65. The average molecular weight is 394 g/mol. The number of fused-ring (bicyclic) bond motifs is 1. The lowest BCUT2D eigenvalue weighted by Gasteiger charge is -2.20. The molecular formula is C18H16ClNO7. The van der Waals surface area contributed by atoms with Gasteiger partial charge in [-0.25, -0.2) is 4.79 Å². The van der Waals surface area contributed by atoms with E-state index in [-0.39, 0.29) is 32.3 Å². The van der Waals surface area contributed by atoms with Crippen molar-refractivity contribution in [3.8, 4) is 11.5 Å². The summed E-state index contributed by atoms with van der Waals surface area (Å²) in [5, 5.41) is 11.7. The molecule has 1 aliphatic rings. The van der Waals surface area contributed by atoms with Crippen LogP contribution in [0.25, 0.3) is 0 Å². The largest absolute Gasteiger partial charge is 0.482 e. The molecule has 0 aliphatic carbocycles. The highest BCUT2D eigenvalue weighted by Crippen LogP contribution is 2.33. The van der Waals surface area contributed by atoms with Crippen LogP contribution in [0.2, 0.25) is 5.02 Å². The minimum Gasteiger partial charge on any atom is -0.482 e. The second-order valence-corrected chi connectivity index (χ2v) is 6.26. The number of hydrogen-bond acceptors (Lipinski definition) is 7. The molecule has 27 heavy (non-hydrogen) atoms. The standard InChI is InChI=1S/C18H16ClNO7/c1-11-4-14(19)2-3-16(11)25-9-17(21)26-8-13-6-15(20(22)23)5-12-7-24-10-27-18(12)13/h2-6H,7-10H2,1H3. The van der Waals surface area contributed by atoms with Gasteiger partial charge in [-0.15, -0.1) is 0 Å². The highest BCUT2D eigenvalue weighted by atomic mass is 35.5. The Labute approximate surface area is 159 Å². The fourth-order valence-electron chi connectivity index (χ4n) is 2.60. The van der Waals surface area contributed by atoms with Crippen LogP contribution in [0, 0.1) is 17.0 Å². The van der Waals surface area contributed by atoms with Crippen molar-refractivity contribution in [1.29, 1.82) is 0 Å². The van der Waals surface area contributed by atoms with E-state index in [1.54, 1.807) is 25.1 Å². The van der Waals surface area contributed by atoms with Gasteiger partial charge >= 0.3 is 5.97 Å². The molecule has 0 N–H and O–H groups in total. The summed E-state index contributed by atoms with van der Waals surface area (Å²) < 4.78 is 21.1. The van der Waals surface area contributed by atoms with E-state index in [9.17, 15) is 14.9 Å². The molecule has 0 fully saturated rings. The van der Waals surface area contributed by atoms with Crippen molar-refractivity contribution in [2.75, 3.05) is 13.4 Å². The first-order valence-electron chi connectivity index (χ1n) is 7.99. The molecule has 0 bridgehead atoms. The van der Waals surface area contributed by atoms with E-state index in [0.717, 1.165) is 5.56 Å². The monoisotopic (exact) mass is 393 g/mol. The van der Waals surface area contributed by atoms with Crippen LogP contribution in [0.1, 0.15) is 16.7 Å². The zero-order valence-electron chi connectivity index (χ0n) is 14.4. The van der Waals surface area contributed by atoms with Crippen molar-refractivity contribution >= 4 is 23.3 Å². The van der Waals surface area contributed by atoms with Gasteiger partial charge in [-0.05, 0) is 30.7 Å². The molecule has 0 amide bonds. The van der Waals surface area contributed by atoms with Gasteiger partial charge < -0.3 is 18.9 Å². The minimum atomic E-state index is -0.614. The molecule has 1 aliphatic heterocycles. The second kappa shape index (κ2) is 8.24. The first-order valence-corrected chi connectivity index (χ1v) is 8.37. The quantitative estimate of drug-likeness (QED) is 0.420. The molecular weight excluding hydrogens is 378 g/mol. The fraction of sp³-hybridized carbons (Fsp3) is 0.278. The summed E-state index contributed by atoms with van der Waals surface area (Å²) >= 11 is 5.87. The first kappa shape index (κ1) is 18.9. The Morgan fingerprint density at radius 2 is 2.15 bits per heavy atom. The summed E-state index contributed by atoms with van der Waals surface area (Å²) in [5.41, 5.74) is 1.60. The third kappa shape index (κ3) is 4.66. The SMILES string of the molecule is Cc1cc(Cl)ccc1OCC(=O)OCc1cc([N+](=O)[O-])cc2c1OCOC2. The highest BCUT2D eigenvalue weighted by molar-refractivity contribution is 6.30. The number of hydrogen-bond donors (Lipinski definition) is 0. The Kier molecular flexibility index (Phi) is 5.78. The number of aryl methyl sites for hydroxylation is 1. The Balaban J connectivity index is 1.64. The first-order chi connectivity index (χ1) is 12.9. The van der Waals surface area contributed by atoms with Crippen LogP contribution in [-0.2, 0) is 27.5 Å². The number of nitrogens with zero attached hydrogens (tertiary/aromatic N) is 1.